The molecule has 0 radical (unpaired) electrons. The Bertz CT molecular complexity index is 633. The van der Waals surface area contributed by atoms with E-state index in [-0.39, 0.29) is 31.0 Å². The summed E-state index contributed by atoms with van der Waals surface area (Å²) in [5.41, 5.74) is -1.45. The van der Waals surface area contributed by atoms with Crippen molar-refractivity contribution in [2.24, 2.45) is 5.92 Å². The maximum atomic E-state index is 12.7. The Hall–Kier alpha value is -0.990. The average molecular weight is 340 g/mol. The molecule has 3 rings (SSSR count). The van der Waals surface area contributed by atoms with E-state index < -0.39 is 21.7 Å². The van der Waals surface area contributed by atoms with Crippen molar-refractivity contribution in [3.63, 3.8) is 0 Å². The number of β-amino-alcohol motifs (C(OH)–C–C–N with tert-alkyl or cyclic N) is 1. The molecule has 1 aliphatic heterocycles. The van der Waals surface area contributed by atoms with Crippen LogP contribution in [0.2, 0.25) is 0 Å². The Balaban J connectivity index is 1.71. The summed E-state index contributed by atoms with van der Waals surface area (Å²) in [7, 11) is -3.65. The van der Waals surface area contributed by atoms with Crippen LogP contribution in [0.5, 0.6) is 0 Å². The van der Waals surface area contributed by atoms with Gasteiger partial charge in [0.15, 0.2) is 0 Å². The maximum absolute atomic E-state index is 12.7. The van der Waals surface area contributed by atoms with E-state index in [1.54, 1.807) is 30.3 Å². The highest BCUT2D eigenvalue weighted by molar-refractivity contribution is 7.89. The van der Waals surface area contributed by atoms with Crippen molar-refractivity contribution >= 4 is 10.0 Å². The third kappa shape index (κ3) is 3.75. The number of hydrogen-bond acceptors (Lipinski definition) is 5. The number of nitrogens with one attached hydrogen (secondary N) is 1. The van der Waals surface area contributed by atoms with Crippen molar-refractivity contribution in [2.45, 2.75) is 35.9 Å². The van der Waals surface area contributed by atoms with Crippen LogP contribution in [0.15, 0.2) is 35.2 Å². The van der Waals surface area contributed by atoms with Crippen LogP contribution in [0.3, 0.4) is 0 Å². The second-order valence-electron chi connectivity index (χ2n) is 6.63. The van der Waals surface area contributed by atoms with E-state index in [4.69, 9.17) is 0 Å². The Morgan fingerprint density at radius 2 is 1.91 bits per heavy atom. The van der Waals surface area contributed by atoms with Crippen molar-refractivity contribution in [3.05, 3.63) is 30.3 Å². The molecule has 0 amide bonds. The van der Waals surface area contributed by atoms with Gasteiger partial charge in [-0.3, -0.25) is 0 Å². The molecule has 2 fully saturated rings. The van der Waals surface area contributed by atoms with Gasteiger partial charge in [-0.05, 0) is 43.9 Å². The van der Waals surface area contributed by atoms with Crippen LogP contribution in [0.1, 0.15) is 19.3 Å². The van der Waals surface area contributed by atoms with Gasteiger partial charge in [0.25, 0.3) is 0 Å². The molecule has 0 bridgehead atoms. The molecule has 1 aromatic rings. The molecule has 128 valence electrons. The molecule has 7 heteroatoms. The molecule has 0 spiro atoms. The first-order chi connectivity index (χ1) is 10.9. The zero-order valence-electron chi connectivity index (χ0n) is 13.1. The first-order valence-electron chi connectivity index (χ1n) is 8.08. The van der Waals surface area contributed by atoms with Gasteiger partial charge in [-0.15, -0.1) is 0 Å². The molecule has 1 heterocycles. The van der Waals surface area contributed by atoms with E-state index in [0.29, 0.717) is 5.92 Å². The van der Waals surface area contributed by atoms with Crippen LogP contribution < -0.4 is 5.32 Å². The Morgan fingerprint density at radius 1 is 1.22 bits per heavy atom. The molecule has 6 nitrogen and oxygen atoms in total. The van der Waals surface area contributed by atoms with Crippen LogP contribution in [-0.4, -0.2) is 60.8 Å². The molecule has 2 aliphatic rings. The monoisotopic (exact) mass is 340 g/mol. The Morgan fingerprint density at radius 3 is 2.57 bits per heavy atom. The fourth-order valence-corrected chi connectivity index (χ4v) is 4.50. The van der Waals surface area contributed by atoms with Crippen LogP contribution >= 0.6 is 0 Å². The van der Waals surface area contributed by atoms with E-state index in [0.717, 1.165) is 6.54 Å². The minimum atomic E-state index is -3.65. The summed E-state index contributed by atoms with van der Waals surface area (Å²) >= 11 is 0. The predicted molar refractivity (Wildman–Crippen MR) is 86.4 cm³/mol. The van der Waals surface area contributed by atoms with Crippen LogP contribution in [0.4, 0.5) is 0 Å². The highest BCUT2D eigenvalue weighted by Crippen LogP contribution is 2.29. The lowest BCUT2D eigenvalue weighted by Crippen LogP contribution is -2.62. The largest absolute Gasteiger partial charge is 0.390 e. The third-order valence-electron chi connectivity index (χ3n) is 4.66. The van der Waals surface area contributed by atoms with E-state index in [1.807, 2.05) is 0 Å². The number of aliphatic hydroxyl groups excluding tert-OH is 1. The standard InChI is InChI=1S/C16H24N2O4S/c19-15-8-9-18(23(21,22)14-4-2-1-3-5-14)12-16(15,20)11-17-10-13-6-7-13/h1-5,13,15,17,19-20H,6-12H2/t15-,16+/m0/s1. The van der Waals surface area contributed by atoms with Crippen LogP contribution in [0.25, 0.3) is 0 Å². The fourth-order valence-electron chi connectivity index (χ4n) is 2.96. The summed E-state index contributed by atoms with van der Waals surface area (Å²) in [4.78, 5) is 0.213. The quantitative estimate of drug-likeness (QED) is 0.687. The van der Waals surface area contributed by atoms with Crippen molar-refractivity contribution in [1.29, 1.82) is 0 Å². The first kappa shape index (κ1) is 16.9. The summed E-state index contributed by atoms with van der Waals surface area (Å²) in [6.45, 7) is 1.12. The molecule has 1 saturated carbocycles. The molecule has 3 N–H and O–H groups in total. The van der Waals surface area contributed by atoms with Gasteiger partial charge in [-0.2, -0.15) is 4.31 Å². The molecule has 1 aliphatic carbocycles. The number of nitrogens with zero attached hydrogens (tertiary/aromatic N) is 1. The fraction of sp³-hybridized carbons (Fsp3) is 0.625. The molecule has 0 aromatic heterocycles. The Kier molecular flexibility index (Phi) is 4.75. The van der Waals surface area contributed by atoms with Gasteiger partial charge in [0.05, 0.1) is 11.0 Å². The van der Waals surface area contributed by atoms with Gasteiger partial charge < -0.3 is 15.5 Å². The van der Waals surface area contributed by atoms with Crippen LogP contribution in [-0.2, 0) is 10.0 Å². The third-order valence-corrected chi connectivity index (χ3v) is 6.52. The molecule has 1 saturated heterocycles. The van der Waals surface area contributed by atoms with E-state index in [2.05, 4.69) is 5.32 Å². The molecular formula is C16H24N2O4S. The summed E-state index contributed by atoms with van der Waals surface area (Å²) in [5.74, 6) is 0.656. The second-order valence-corrected chi connectivity index (χ2v) is 8.57. The minimum Gasteiger partial charge on any atom is -0.390 e. The molecule has 1 aromatic carbocycles. The van der Waals surface area contributed by atoms with Gasteiger partial charge in [-0.25, -0.2) is 8.42 Å². The highest BCUT2D eigenvalue weighted by atomic mass is 32.2. The van der Waals surface area contributed by atoms with Crippen LogP contribution in [0, 0.1) is 5.92 Å². The maximum Gasteiger partial charge on any atom is 0.243 e. The van der Waals surface area contributed by atoms with Gasteiger partial charge in [0.1, 0.15) is 5.60 Å². The van der Waals surface area contributed by atoms with E-state index in [9.17, 15) is 18.6 Å². The number of hydrogen-bond donors (Lipinski definition) is 3. The number of piperidine rings is 1. The van der Waals surface area contributed by atoms with Gasteiger partial charge in [-0.1, -0.05) is 18.2 Å². The number of sulfonamides is 1. The number of benzene rings is 1. The lowest BCUT2D eigenvalue weighted by Gasteiger charge is -2.42. The topological polar surface area (TPSA) is 89.9 Å². The molecule has 0 unspecified atom stereocenters. The Labute approximate surface area is 137 Å². The van der Waals surface area contributed by atoms with Crippen molar-refractivity contribution < 1.29 is 18.6 Å². The zero-order chi connectivity index (χ0) is 16.5. The first-order valence-corrected chi connectivity index (χ1v) is 9.52. The van der Waals surface area contributed by atoms with Gasteiger partial charge in [0.2, 0.25) is 10.0 Å². The van der Waals surface area contributed by atoms with Gasteiger partial charge in [0, 0.05) is 19.6 Å². The average Bonchev–Trinajstić information content (AvgIpc) is 3.35. The summed E-state index contributed by atoms with van der Waals surface area (Å²) in [6, 6.07) is 8.21. The van der Waals surface area contributed by atoms with Crippen molar-refractivity contribution in [1.82, 2.24) is 9.62 Å². The number of rotatable bonds is 6. The number of aliphatic hydroxyl groups is 2. The predicted octanol–water partition coefficient (Wildman–Crippen LogP) is 0.173. The summed E-state index contributed by atoms with van der Waals surface area (Å²) < 4.78 is 26.6. The smallest absolute Gasteiger partial charge is 0.243 e. The lowest BCUT2D eigenvalue weighted by atomic mass is 9.91. The van der Waals surface area contributed by atoms with E-state index in [1.165, 1.54) is 17.1 Å². The molecular weight excluding hydrogens is 316 g/mol. The highest BCUT2D eigenvalue weighted by Gasteiger charge is 2.44. The van der Waals surface area contributed by atoms with E-state index >= 15 is 0 Å². The molecule has 2 atom stereocenters. The SMILES string of the molecule is O=S(=O)(c1ccccc1)N1CC[C@H](O)[C@@](O)(CNCC2CC2)C1. The summed E-state index contributed by atoms with van der Waals surface area (Å²) in [6.07, 6.45) is 1.70. The van der Waals surface area contributed by atoms with Gasteiger partial charge >= 0.3 is 0 Å². The second kappa shape index (κ2) is 6.49. The van der Waals surface area contributed by atoms with Crippen molar-refractivity contribution in [2.75, 3.05) is 26.2 Å². The molecule has 23 heavy (non-hydrogen) atoms. The van der Waals surface area contributed by atoms with Crippen molar-refractivity contribution in [3.8, 4) is 0 Å². The normalized spacial score (nSPS) is 29.6. The zero-order valence-corrected chi connectivity index (χ0v) is 13.9. The summed E-state index contributed by atoms with van der Waals surface area (Å²) in [5, 5.41) is 24.1. The lowest BCUT2D eigenvalue weighted by molar-refractivity contribution is -0.104. The minimum absolute atomic E-state index is 0.0942.